The Kier molecular flexibility index (Phi) is 5.13. The summed E-state index contributed by atoms with van der Waals surface area (Å²) >= 11 is 0. The molecule has 140 valence electrons. The van der Waals surface area contributed by atoms with Crippen molar-refractivity contribution in [1.29, 1.82) is 0 Å². The van der Waals surface area contributed by atoms with Crippen molar-refractivity contribution in [3.8, 4) is 11.6 Å². The topological polar surface area (TPSA) is 97.3 Å². The van der Waals surface area contributed by atoms with Crippen molar-refractivity contribution in [2.45, 2.75) is 32.2 Å². The van der Waals surface area contributed by atoms with E-state index in [1.54, 1.807) is 18.4 Å². The Labute approximate surface area is 156 Å². The molecule has 4 heterocycles. The summed E-state index contributed by atoms with van der Waals surface area (Å²) < 4.78 is 10.4. The van der Waals surface area contributed by atoms with Gasteiger partial charge in [-0.1, -0.05) is 11.2 Å². The molecule has 1 aliphatic rings. The smallest absolute Gasteiger partial charge is 0.238 e. The molecule has 0 bridgehead atoms. The highest BCUT2D eigenvalue weighted by atomic mass is 16.5. The Morgan fingerprint density at radius 3 is 2.85 bits per heavy atom. The van der Waals surface area contributed by atoms with Gasteiger partial charge in [0, 0.05) is 38.7 Å². The lowest BCUT2D eigenvalue weighted by atomic mass is 10.2. The van der Waals surface area contributed by atoms with Crippen LogP contribution in [0.3, 0.4) is 0 Å². The van der Waals surface area contributed by atoms with E-state index in [0.29, 0.717) is 30.4 Å². The van der Waals surface area contributed by atoms with Crippen LogP contribution in [0.2, 0.25) is 0 Å². The molecule has 3 aromatic rings. The van der Waals surface area contributed by atoms with Crippen LogP contribution in [0.5, 0.6) is 0 Å². The van der Waals surface area contributed by atoms with Gasteiger partial charge in [-0.05, 0) is 36.6 Å². The lowest BCUT2D eigenvalue weighted by Gasteiger charge is -2.16. The second-order valence-corrected chi connectivity index (χ2v) is 6.48. The van der Waals surface area contributed by atoms with Gasteiger partial charge in [-0.3, -0.25) is 4.79 Å². The first-order valence-electron chi connectivity index (χ1n) is 9.11. The standard InChI is InChI=1S/C19H21N5O3/c25-17(7-8-18-22-19(23-27-18)15-4-3-11-26-15)21-13-14-5-6-16(20-12-14)24-9-1-2-10-24/h3-6,11-12H,1-2,7-10,13H2,(H,21,25). The third-order valence-corrected chi connectivity index (χ3v) is 4.50. The lowest BCUT2D eigenvalue weighted by Crippen LogP contribution is -2.23. The van der Waals surface area contributed by atoms with Crippen LogP contribution in [0.15, 0.2) is 45.7 Å². The Morgan fingerprint density at radius 2 is 2.11 bits per heavy atom. The number of carbonyl (C=O) groups excluding carboxylic acids is 1. The number of aromatic nitrogens is 3. The molecule has 0 aliphatic carbocycles. The molecule has 0 atom stereocenters. The summed E-state index contributed by atoms with van der Waals surface area (Å²) in [6.07, 6.45) is 6.47. The zero-order valence-corrected chi connectivity index (χ0v) is 14.9. The van der Waals surface area contributed by atoms with Crippen LogP contribution in [0.25, 0.3) is 11.6 Å². The number of pyridine rings is 1. The minimum Gasteiger partial charge on any atom is -0.461 e. The van der Waals surface area contributed by atoms with Crippen molar-refractivity contribution in [3.63, 3.8) is 0 Å². The van der Waals surface area contributed by atoms with Crippen molar-refractivity contribution in [3.05, 3.63) is 48.2 Å². The van der Waals surface area contributed by atoms with E-state index in [1.807, 2.05) is 18.3 Å². The Morgan fingerprint density at radius 1 is 1.22 bits per heavy atom. The molecule has 1 N–H and O–H groups in total. The van der Waals surface area contributed by atoms with E-state index >= 15 is 0 Å². The van der Waals surface area contributed by atoms with Crippen LogP contribution in [0, 0.1) is 0 Å². The van der Waals surface area contributed by atoms with Crippen LogP contribution in [-0.2, 0) is 17.8 Å². The monoisotopic (exact) mass is 367 g/mol. The van der Waals surface area contributed by atoms with Gasteiger partial charge >= 0.3 is 0 Å². The van der Waals surface area contributed by atoms with Crippen LogP contribution in [0.1, 0.15) is 30.7 Å². The fraction of sp³-hybridized carbons (Fsp3) is 0.368. The molecule has 1 fully saturated rings. The van der Waals surface area contributed by atoms with E-state index in [2.05, 4.69) is 25.3 Å². The maximum atomic E-state index is 12.1. The number of amides is 1. The Bertz CT molecular complexity index is 867. The van der Waals surface area contributed by atoms with Gasteiger partial charge in [0.05, 0.1) is 6.26 Å². The number of hydrogen-bond acceptors (Lipinski definition) is 7. The highest BCUT2D eigenvalue weighted by Gasteiger charge is 2.14. The number of rotatable bonds is 7. The van der Waals surface area contributed by atoms with E-state index in [-0.39, 0.29) is 12.3 Å². The van der Waals surface area contributed by atoms with Gasteiger partial charge in [0.1, 0.15) is 5.82 Å². The van der Waals surface area contributed by atoms with Crippen LogP contribution in [0.4, 0.5) is 5.82 Å². The first kappa shape index (κ1) is 17.3. The predicted octanol–water partition coefficient (Wildman–Crippen LogP) is 2.57. The zero-order valence-electron chi connectivity index (χ0n) is 14.9. The molecule has 0 saturated carbocycles. The van der Waals surface area contributed by atoms with E-state index in [9.17, 15) is 4.79 Å². The van der Waals surface area contributed by atoms with Gasteiger partial charge in [-0.25, -0.2) is 4.98 Å². The third-order valence-electron chi connectivity index (χ3n) is 4.50. The number of aryl methyl sites for hydroxylation is 1. The fourth-order valence-electron chi connectivity index (χ4n) is 3.03. The van der Waals surface area contributed by atoms with Gasteiger partial charge in [0.15, 0.2) is 5.76 Å². The molecule has 8 nitrogen and oxygen atoms in total. The van der Waals surface area contributed by atoms with E-state index in [1.165, 1.54) is 12.8 Å². The number of nitrogens with one attached hydrogen (secondary N) is 1. The quantitative estimate of drug-likeness (QED) is 0.685. The molecule has 4 rings (SSSR count). The van der Waals surface area contributed by atoms with Gasteiger partial charge < -0.3 is 19.2 Å². The molecule has 27 heavy (non-hydrogen) atoms. The maximum Gasteiger partial charge on any atom is 0.238 e. The van der Waals surface area contributed by atoms with E-state index < -0.39 is 0 Å². The lowest BCUT2D eigenvalue weighted by molar-refractivity contribution is -0.121. The molecule has 1 saturated heterocycles. The van der Waals surface area contributed by atoms with E-state index in [0.717, 1.165) is 24.5 Å². The highest BCUT2D eigenvalue weighted by Crippen LogP contribution is 2.18. The number of nitrogens with zero attached hydrogens (tertiary/aromatic N) is 4. The zero-order chi connectivity index (χ0) is 18.5. The number of anilines is 1. The molecule has 0 spiro atoms. The Hall–Kier alpha value is -3.16. The SMILES string of the molecule is O=C(CCc1nc(-c2ccco2)no1)NCc1ccc(N2CCCC2)nc1. The summed E-state index contributed by atoms with van der Waals surface area (Å²) in [4.78, 5) is 23.1. The summed E-state index contributed by atoms with van der Waals surface area (Å²) in [6, 6.07) is 7.53. The minimum atomic E-state index is -0.0728. The summed E-state index contributed by atoms with van der Waals surface area (Å²) in [7, 11) is 0. The number of furan rings is 1. The van der Waals surface area contributed by atoms with Gasteiger partial charge in [-0.2, -0.15) is 4.98 Å². The first-order valence-corrected chi connectivity index (χ1v) is 9.11. The molecule has 3 aromatic heterocycles. The van der Waals surface area contributed by atoms with Crippen molar-refractivity contribution in [2.24, 2.45) is 0 Å². The second kappa shape index (κ2) is 8.03. The second-order valence-electron chi connectivity index (χ2n) is 6.48. The van der Waals surface area contributed by atoms with Crippen molar-refractivity contribution in [2.75, 3.05) is 18.0 Å². The minimum absolute atomic E-state index is 0.0728. The largest absolute Gasteiger partial charge is 0.461 e. The molecular weight excluding hydrogens is 346 g/mol. The van der Waals surface area contributed by atoms with Crippen molar-refractivity contribution >= 4 is 11.7 Å². The van der Waals surface area contributed by atoms with Crippen LogP contribution in [-0.4, -0.2) is 34.1 Å². The van der Waals surface area contributed by atoms with Crippen molar-refractivity contribution in [1.82, 2.24) is 20.4 Å². The van der Waals surface area contributed by atoms with Crippen LogP contribution < -0.4 is 10.2 Å². The molecule has 0 radical (unpaired) electrons. The summed E-state index contributed by atoms with van der Waals surface area (Å²) in [5, 5.41) is 6.74. The normalized spacial score (nSPS) is 13.9. The van der Waals surface area contributed by atoms with Crippen LogP contribution >= 0.6 is 0 Å². The molecule has 1 aliphatic heterocycles. The fourth-order valence-corrected chi connectivity index (χ4v) is 3.03. The third kappa shape index (κ3) is 4.33. The summed E-state index contributed by atoms with van der Waals surface area (Å²) in [5.74, 6) is 2.27. The first-order chi connectivity index (χ1) is 13.3. The predicted molar refractivity (Wildman–Crippen MR) is 97.9 cm³/mol. The number of hydrogen-bond donors (Lipinski definition) is 1. The average molecular weight is 367 g/mol. The van der Waals surface area contributed by atoms with Gasteiger partial charge in [0.2, 0.25) is 17.6 Å². The highest BCUT2D eigenvalue weighted by molar-refractivity contribution is 5.76. The van der Waals surface area contributed by atoms with Gasteiger partial charge in [-0.15, -0.1) is 0 Å². The molecule has 8 heteroatoms. The van der Waals surface area contributed by atoms with Gasteiger partial charge in [0.25, 0.3) is 0 Å². The van der Waals surface area contributed by atoms with Crippen molar-refractivity contribution < 1.29 is 13.7 Å². The summed E-state index contributed by atoms with van der Waals surface area (Å²) in [5.41, 5.74) is 0.976. The molecular formula is C19H21N5O3. The average Bonchev–Trinajstić information content (AvgIpc) is 3.47. The maximum absolute atomic E-state index is 12.1. The molecule has 0 aromatic carbocycles. The van der Waals surface area contributed by atoms with E-state index in [4.69, 9.17) is 8.94 Å². The molecule has 1 amide bonds. The summed E-state index contributed by atoms with van der Waals surface area (Å²) in [6.45, 7) is 2.59. The Balaban J connectivity index is 1.23. The molecule has 0 unspecified atom stereocenters. The number of carbonyl (C=O) groups is 1.